The lowest BCUT2D eigenvalue weighted by molar-refractivity contribution is 0.122. The van der Waals surface area contributed by atoms with Gasteiger partial charge in [0.1, 0.15) is 11.6 Å². The molecule has 1 aromatic carbocycles. The Kier molecular flexibility index (Phi) is 6.39. The Labute approximate surface area is 172 Å². The zero-order chi connectivity index (χ0) is 20.1. The molecule has 1 aromatic heterocycles. The van der Waals surface area contributed by atoms with Gasteiger partial charge in [-0.15, -0.1) is 0 Å². The van der Waals surface area contributed by atoms with Crippen molar-refractivity contribution in [1.82, 2.24) is 4.98 Å². The van der Waals surface area contributed by atoms with Crippen molar-refractivity contribution in [3.63, 3.8) is 0 Å². The molecule has 0 unspecified atom stereocenters. The maximum absolute atomic E-state index is 12.5. The molecule has 0 aliphatic carbocycles. The number of hydrogen-bond acceptors (Lipinski definition) is 5. The molecule has 0 bridgehead atoms. The molecule has 0 spiro atoms. The molecular weight excluding hydrogens is 366 g/mol. The van der Waals surface area contributed by atoms with Crippen molar-refractivity contribution in [1.29, 1.82) is 0 Å². The molecule has 1 atom stereocenters. The van der Waals surface area contributed by atoms with Crippen molar-refractivity contribution in [2.75, 3.05) is 49.8 Å². The molecule has 29 heavy (non-hydrogen) atoms. The third-order valence-electron chi connectivity index (χ3n) is 5.98. The number of benzene rings is 1. The van der Waals surface area contributed by atoms with Gasteiger partial charge in [-0.1, -0.05) is 25.0 Å². The number of aromatic nitrogens is 1. The van der Waals surface area contributed by atoms with Gasteiger partial charge in [0.25, 0.3) is 5.56 Å². The van der Waals surface area contributed by atoms with E-state index >= 15 is 0 Å². The Morgan fingerprint density at radius 1 is 1.10 bits per heavy atom. The van der Waals surface area contributed by atoms with Crippen LogP contribution in [0.5, 0.6) is 5.75 Å². The largest absolute Gasteiger partial charge is 0.497 e. The van der Waals surface area contributed by atoms with Gasteiger partial charge < -0.3 is 24.3 Å². The fourth-order valence-corrected chi connectivity index (χ4v) is 4.45. The standard InChI is InChI=1S/C23H31N3O3/c1-28-21-8-5-6-18(15-21)14-19-7-3-2-4-9-26(19)22-16-20(17-23(27)24-22)25-10-12-29-13-11-25/h5-6,8,15-17,19H,2-4,7,9-14H2,1H3,(H,24,27)/t19-/m1/s1. The van der Waals surface area contributed by atoms with Crippen LogP contribution in [0.3, 0.4) is 0 Å². The molecule has 3 heterocycles. The van der Waals surface area contributed by atoms with Crippen LogP contribution in [0.2, 0.25) is 0 Å². The van der Waals surface area contributed by atoms with E-state index in [0.717, 1.165) is 56.2 Å². The van der Waals surface area contributed by atoms with E-state index in [9.17, 15) is 4.79 Å². The molecule has 0 radical (unpaired) electrons. The first-order valence-corrected chi connectivity index (χ1v) is 10.7. The van der Waals surface area contributed by atoms with Crippen LogP contribution < -0.4 is 20.1 Å². The lowest BCUT2D eigenvalue weighted by Gasteiger charge is -2.34. The number of aromatic amines is 1. The summed E-state index contributed by atoms with van der Waals surface area (Å²) in [7, 11) is 1.71. The fraction of sp³-hybridized carbons (Fsp3) is 0.522. The summed E-state index contributed by atoms with van der Waals surface area (Å²) in [6.07, 6.45) is 5.68. The van der Waals surface area contributed by atoms with Crippen LogP contribution in [0.25, 0.3) is 0 Å². The van der Waals surface area contributed by atoms with Crippen molar-refractivity contribution in [2.24, 2.45) is 0 Å². The highest BCUT2D eigenvalue weighted by Gasteiger charge is 2.24. The quantitative estimate of drug-likeness (QED) is 0.840. The molecule has 0 saturated carbocycles. The number of nitrogens with one attached hydrogen (secondary N) is 1. The Balaban J connectivity index is 1.61. The zero-order valence-corrected chi connectivity index (χ0v) is 17.2. The Morgan fingerprint density at radius 3 is 2.79 bits per heavy atom. The first-order valence-electron chi connectivity index (χ1n) is 10.7. The average molecular weight is 398 g/mol. The van der Waals surface area contributed by atoms with Gasteiger partial charge in [-0.05, 0) is 37.0 Å². The van der Waals surface area contributed by atoms with E-state index in [-0.39, 0.29) is 5.56 Å². The molecule has 2 aliphatic rings. The SMILES string of the molecule is COc1cccc(C[C@H]2CCCCCN2c2cc(N3CCOCC3)cc(=O)[nH]2)c1. The summed E-state index contributed by atoms with van der Waals surface area (Å²) in [5.74, 6) is 1.83. The van der Waals surface area contributed by atoms with Crippen molar-refractivity contribution >= 4 is 11.5 Å². The minimum absolute atomic E-state index is 0.0339. The van der Waals surface area contributed by atoms with Crippen LogP contribution in [-0.2, 0) is 11.2 Å². The van der Waals surface area contributed by atoms with E-state index < -0.39 is 0 Å². The first-order chi connectivity index (χ1) is 14.2. The number of ether oxygens (including phenoxy) is 2. The third kappa shape index (κ3) is 4.93. The fourth-order valence-electron chi connectivity index (χ4n) is 4.45. The van der Waals surface area contributed by atoms with Gasteiger partial charge in [-0.3, -0.25) is 4.79 Å². The minimum atomic E-state index is -0.0339. The molecular formula is C23H31N3O3. The van der Waals surface area contributed by atoms with Crippen molar-refractivity contribution < 1.29 is 9.47 Å². The van der Waals surface area contributed by atoms with Gasteiger partial charge >= 0.3 is 0 Å². The summed E-state index contributed by atoms with van der Waals surface area (Å²) < 4.78 is 10.9. The van der Waals surface area contributed by atoms with Crippen LogP contribution in [-0.4, -0.2) is 51.0 Å². The number of nitrogens with zero attached hydrogens (tertiary/aromatic N) is 2. The normalized spacial score (nSPS) is 20.4. The van der Waals surface area contributed by atoms with Gasteiger partial charge in [0.15, 0.2) is 0 Å². The predicted molar refractivity (Wildman–Crippen MR) is 116 cm³/mol. The van der Waals surface area contributed by atoms with Crippen LogP contribution in [0.4, 0.5) is 11.5 Å². The first kappa shape index (κ1) is 19.8. The lowest BCUT2D eigenvalue weighted by Crippen LogP contribution is -2.39. The van der Waals surface area contributed by atoms with Gasteiger partial charge in [-0.25, -0.2) is 0 Å². The molecule has 6 heteroatoms. The second kappa shape index (κ2) is 9.35. The third-order valence-corrected chi connectivity index (χ3v) is 5.98. The zero-order valence-electron chi connectivity index (χ0n) is 17.2. The van der Waals surface area contributed by atoms with E-state index in [1.807, 2.05) is 6.07 Å². The van der Waals surface area contributed by atoms with Gasteiger partial charge in [0, 0.05) is 43.5 Å². The van der Waals surface area contributed by atoms with Crippen LogP contribution in [0.1, 0.15) is 31.2 Å². The van der Waals surface area contributed by atoms with Crippen LogP contribution in [0, 0.1) is 0 Å². The highest BCUT2D eigenvalue weighted by molar-refractivity contribution is 5.56. The molecule has 2 aromatic rings. The second-order valence-electron chi connectivity index (χ2n) is 7.94. The summed E-state index contributed by atoms with van der Waals surface area (Å²) in [5, 5.41) is 0. The smallest absolute Gasteiger partial charge is 0.251 e. The Morgan fingerprint density at radius 2 is 1.97 bits per heavy atom. The summed E-state index contributed by atoms with van der Waals surface area (Å²) in [6.45, 7) is 4.05. The summed E-state index contributed by atoms with van der Waals surface area (Å²) in [4.78, 5) is 20.2. The molecule has 1 N–H and O–H groups in total. The summed E-state index contributed by atoms with van der Waals surface area (Å²) >= 11 is 0. The highest BCUT2D eigenvalue weighted by atomic mass is 16.5. The molecule has 0 amide bonds. The van der Waals surface area contributed by atoms with E-state index in [1.54, 1.807) is 13.2 Å². The van der Waals surface area contributed by atoms with E-state index in [0.29, 0.717) is 19.3 Å². The highest BCUT2D eigenvalue weighted by Crippen LogP contribution is 2.28. The number of morpholine rings is 1. The van der Waals surface area contributed by atoms with Gasteiger partial charge in [0.05, 0.1) is 20.3 Å². The summed E-state index contributed by atoms with van der Waals surface area (Å²) in [5.41, 5.74) is 2.23. The van der Waals surface area contributed by atoms with Crippen molar-refractivity contribution in [3.8, 4) is 5.75 Å². The molecule has 4 rings (SSSR count). The monoisotopic (exact) mass is 397 g/mol. The van der Waals surface area contributed by atoms with Crippen molar-refractivity contribution in [3.05, 3.63) is 52.3 Å². The molecule has 2 fully saturated rings. The second-order valence-corrected chi connectivity index (χ2v) is 7.94. The number of rotatable bonds is 5. The van der Waals surface area contributed by atoms with Gasteiger partial charge in [0.2, 0.25) is 0 Å². The molecule has 2 aliphatic heterocycles. The number of hydrogen-bond donors (Lipinski definition) is 1. The topological polar surface area (TPSA) is 57.8 Å². The number of methoxy groups -OCH3 is 1. The Hall–Kier alpha value is -2.47. The lowest BCUT2D eigenvalue weighted by atomic mass is 10.0. The average Bonchev–Trinajstić information content (AvgIpc) is 2.99. The van der Waals surface area contributed by atoms with E-state index in [2.05, 4.69) is 39.0 Å². The molecule has 156 valence electrons. The summed E-state index contributed by atoms with van der Waals surface area (Å²) in [6, 6.07) is 12.5. The maximum atomic E-state index is 12.5. The van der Waals surface area contributed by atoms with E-state index in [4.69, 9.17) is 9.47 Å². The van der Waals surface area contributed by atoms with Gasteiger partial charge in [-0.2, -0.15) is 0 Å². The predicted octanol–water partition coefficient (Wildman–Crippen LogP) is 3.21. The van der Waals surface area contributed by atoms with Crippen molar-refractivity contribution in [2.45, 2.75) is 38.1 Å². The molecule has 6 nitrogen and oxygen atoms in total. The minimum Gasteiger partial charge on any atom is -0.497 e. The van der Waals surface area contributed by atoms with E-state index in [1.165, 1.54) is 18.4 Å². The number of anilines is 2. The number of H-pyrrole nitrogens is 1. The Bertz CT molecular complexity index is 860. The maximum Gasteiger partial charge on any atom is 0.251 e. The van der Waals surface area contributed by atoms with Crippen LogP contribution >= 0.6 is 0 Å². The number of pyridine rings is 1. The molecule has 2 saturated heterocycles. The van der Waals surface area contributed by atoms with Crippen LogP contribution in [0.15, 0.2) is 41.2 Å².